The van der Waals surface area contributed by atoms with E-state index < -0.39 is 30.5 Å². The van der Waals surface area contributed by atoms with Crippen LogP contribution >= 0.6 is 12.2 Å². The van der Waals surface area contributed by atoms with Gasteiger partial charge in [0, 0.05) is 6.54 Å². The van der Waals surface area contributed by atoms with Crippen LogP contribution in [0.25, 0.3) is 0 Å². The molecule has 1 rings (SSSR count). The minimum Gasteiger partial charge on any atom is -0.387 e. The van der Waals surface area contributed by atoms with Gasteiger partial charge in [0.2, 0.25) is 0 Å². The number of hydrazone groups is 1. The van der Waals surface area contributed by atoms with Crippen LogP contribution in [0.4, 0.5) is 0 Å². The molecule has 9 heteroatoms. The molecule has 0 saturated heterocycles. The van der Waals surface area contributed by atoms with Crippen molar-refractivity contribution in [2.45, 2.75) is 44.4 Å². The molecule has 5 atom stereocenters. The highest BCUT2D eigenvalue weighted by Gasteiger charge is 2.46. The molecule has 20 heavy (non-hydrogen) atoms. The third kappa shape index (κ3) is 4.08. The van der Waals surface area contributed by atoms with Crippen molar-refractivity contribution in [3.8, 4) is 0 Å². The van der Waals surface area contributed by atoms with Gasteiger partial charge in [-0.05, 0) is 18.1 Å². The zero-order valence-electron chi connectivity index (χ0n) is 11.3. The molecule has 0 aromatic heterocycles. The molecule has 1 aliphatic rings. The summed E-state index contributed by atoms with van der Waals surface area (Å²) < 4.78 is 0. The van der Waals surface area contributed by atoms with Gasteiger partial charge in [-0.15, -0.1) is 0 Å². The van der Waals surface area contributed by atoms with Crippen LogP contribution < -0.4 is 10.7 Å². The lowest BCUT2D eigenvalue weighted by Crippen LogP contribution is -2.62. The fourth-order valence-corrected chi connectivity index (χ4v) is 1.81. The summed E-state index contributed by atoms with van der Waals surface area (Å²) in [6.07, 6.45) is -8.10. The van der Waals surface area contributed by atoms with Crippen molar-refractivity contribution in [1.29, 1.82) is 0 Å². The number of aliphatic hydroxyl groups is 5. The lowest BCUT2D eigenvalue weighted by atomic mass is 9.86. The highest BCUT2D eigenvalue weighted by Crippen LogP contribution is 2.18. The SMILES string of the molecule is CC(C)CNC(=S)NN=C1[C@@H](O)[C@@H](O)C(O)[C@H](O)[C@H]1O. The third-order valence-corrected chi connectivity index (χ3v) is 3.15. The van der Waals surface area contributed by atoms with Crippen LogP contribution in [-0.2, 0) is 0 Å². The third-order valence-electron chi connectivity index (χ3n) is 2.91. The van der Waals surface area contributed by atoms with Gasteiger partial charge in [-0.3, -0.25) is 5.43 Å². The smallest absolute Gasteiger partial charge is 0.186 e. The van der Waals surface area contributed by atoms with Gasteiger partial charge in [0.1, 0.15) is 36.2 Å². The van der Waals surface area contributed by atoms with Crippen LogP contribution in [0.15, 0.2) is 5.10 Å². The van der Waals surface area contributed by atoms with Crippen molar-refractivity contribution in [2.24, 2.45) is 11.0 Å². The van der Waals surface area contributed by atoms with E-state index in [4.69, 9.17) is 12.2 Å². The normalized spacial score (nSPS) is 36.2. The van der Waals surface area contributed by atoms with Crippen LogP contribution in [-0.4, -0.2) is 73.4 Å². The van der Waals surface area contributed by atoms with E-state index in [9.17, 15) is 25.5 Å². The van der Waals surface area contributed by atoms with Gasteiger partial charge in [0.15, 0.2) is 5.11 Å². The Morgan fingerprint density at radius 2 is 1.60 bits per heavy atom. The summed E-state index contributed by atoms with van der Waals surface area (Å²) in [6, 6.07) is 0. The zero-order chi connectivity index (χ0) is 15.4. The molecule has 0 bridgehead atoms. The summed E-state index contributed by atoms with van der Waals surface area (Å²) in [5.41, 5.74) is 2.12. The van der Waals surface area contributed by atoms with E-state index in [1.807, 2.05) is 13.8 Å². The van der Waals surface area contributed by atoms with Crippen LogP contribution in [0.5, 0.6) is 0 Å². The molecule has 1 fully saturated rings. The van der Waals surface area contributed by atoms with Crippen molar-refractivity contribution < 1.29 is 25.5 Å². The number of aliphatic hydroxyl groups excluding tert-OH is 5. The number of nitrogens with zero attached hydrogens (tertiary/aromatic N) is 1. The maximum Gasteiger partial charge on any atom is 0.186 e. The van der Waals surface area contributed by atoms with Crippen LogP contribution in [0.3, 0.4) is 0 Å². The largest absolute Gasteiger partial charge is 0.387 e. The summed E-state index contributed by atoms with van der Waals surface area (Å²) in [5, 5.41) is 54.6. The van der Waals surface area contributed by atoms with E-state index in [1.165, 1.54) is 0 Å². The van der Waals surface area contributed by atoms with Gasteiger partial charge in [0.05, 0.1) is 0 Å². The summed E-state index contributed by atoms with van der Waals surface area (Å²) in [5.74, 6) is 0.368. The van der Waals surface area contributed by atoms with E-state index in [2.05, 4.69) is 15.8 Å². The Labute approximate surface area is 122 Å². The van der Waals surface area contributed by atoms with Crippen molar-refractivity contribution in [2.75, 3.05) is 6.54 Å². The van der Waals surface area contributed by atoms with Gasteiger partial charge in [-0.25, -0.2) is 0 Å². The Morgan fingerprint density at radius 1 is 1.10 bits per heavy atom. The van der Waals surface area contributed by atoms with E-state index in [0.717, 1.165) is 0 Å². The fraction of sp³-hybridized carbons (Fsp3) is 0.818. The van der Waals surface area contributed by atoms with Crippen LogP contribution in [0.2, 0.25) is 0 Å². The second-order valence-electron chi connectivity index (χ2n) is 5.11. The van der Waals surface area contributed by atoms with Gasteiger partial charge in [-0.2, -0.15) is 5.10 Å². The predicted molar refractivity (Wildman–Crippen MR) is 76.0 cm³/mol. The van der Waals surface area contributed by atoms with E-state index >= 15 is 0 Å². The molecule has 0 heterocycles. The first-order valence-electron chi connectivity index (χ1n) is 6.27. The molecule has 0 aliphatic heterocycles. The van der Waals surface area contributed by atoms with Crippen molar-refractivity contribution >= 4 is 23.0 Å². The topological polar surface area (TPSA) is 138 Å². The summed E-state index contributed by atoms with van der Waals surface area (Å²) in [7, 11) is 0. The number of hydrogen-bond donors (Lipinski definition) is 7. The molecule has 0 radical (unpaired) electrons. The average Bonchev–Trinajstić information content (AvgIpc) is 2.40. The summed E-state index contributed by atoms with van der Waals surface area (Å²) in [6.45, 7) is 4.60. The second kappa shape index (κ2) is 7.25. The van der Waals surface area contributed by atoms with Crippen LogP contribution in [0.1, 0.15) is 13.8 Å². The highest BCUT2D eigenvalue weighted by molar-refractivity contribution is 7.80. The lowest BCUT2D eigenvalue weighted by molar-refractivity contribution is -0.130. The first-order chi connectivity index (χ1) is 9.25. The quantitative estimate of drug-likeness (QED) is 0.221. The molecule has 116 valence electrons. The Bertz CT molecular complexity index is 361. The molecule has 0 aromatic rings. The van der Waals surface area contributed by atoms with Gasteiger partial charge in [0.25, 0.3) is 0 Å². The van der Waals surface area contributed by atoms with Gasteiger partial charge in [-0.1, -0.05) is 13.8 Å². The molecule has 1 aliphatic carbocycles. The minimum atomic E-state index is -1.65. The zero-order valence-corrected chi connectivity index (χ0v) is 12.1. The maximum absolute atomic E-state index is 9.71. The number of thiocarbonyl (C=S) groups is 1. The predicted octanol–water partition coefficient (Wildman–Crippen LogP) is -2.72. The summed E-state index contributed by atoms with van der Waals surface area (Å²) >= 11 is 4.93. The van der Waals surface area contributed by atoms with Crippen molar-refractivity contribution in [3.05, 3.63) is 0 Å². The highest BCUT2D eigenvalue weighted by atomic mass is 32.1. The number of rotatable bonds is 3. The number of hydrogen-bond acceptors (Lipinski definition) is 7. The average molecular weight is 307 g/mol. The molecule has 1 saturated carbocycles. The molecular formula is C11H21N3O5S. The molecule has 1 unspecified atom stereocenters. The molecule has 0 amide bonds. The van der Waals surface area contributed by atoms with Gasteiger partial charge >= 0.3 is 0 Å². The first-order valence-corrected chi connectivity index (χ1v) is 6.68. The van der Waals surface area contributed by atoms with E-state index in [1.54, 1.807) is 0 Å². The molecular weight excluding hydrogens is 286 g/mol. The standard InChI is InChI=1S/C11H21N3O5S/c1-4(2)3-12-11(20)14-13-5-6(15)8(17)10(19)9(18)7(5)16/h4,6-10,15-19H,3H2,1-2H3,(H2,12,14,20)/t6-,7+,8-,9-,10?/m1/s1. The first kappa shape index (κ1) is 17.2. The molecule has 8 nitrogen and oxygen atoms in total. The molecule has 0 aromatic carbocycles. The molecule has 0 spiro atoms. The molecule has 7 N–H and O–H groups in total. The Hall–Kier alpha value is -0.840. The van der Waals surface area contributed by atoms with Crippen molar-refractivity contribution in [1.82, 2.24) is 10.7 Å². The minimum absolute atomic E-state index is 0.181. The summed E-state index contributed by atoms with van der Waals surface area (Å²) in [4.78, 5) is 0. The van der Waals surface area contributed by atoms with Crippen LogP contribution in [0, 0.1) is 5.92 Å². The van der Waals surface area contributed by atoms with E-state index in [0.29, 0.717) is 12.5 Å². The van der Waals surface area contributed by atoms with Gasteiger partial charge < -0.3 is 30.8 Å². The van der Waals surface area contributed by atoms with E-state index in [-0.39, 0.29) is 10.8 Å². The number of nitrogens with one attached hydrogen (secondary N) is 2. The Kier molecular flexibility index (Phi) is 6.24. The lowest BCUT2D eigenvalue weighted by Gasteiger charge is -2.36. The maximum atomic E-state index is 9.71. The monoisotopic (exact) mass is 307 g/mol. The second-order valence-corrected chi connectivity index (χ2v) is 5.52. The van der Waals surface area contributed by atoms with Crippen molar-refractivity contribution in [3.63, 3.8) is 0 Å². The Balaban J connectivity index is 2.68. The Morgan fingerprint density at radius 3 is 2.05 bits per heavy atom. The fourth-order valence-electron chi connectivity index (χ4n) is 1.68.